The third-order valence-electron chi connectivity index (χ3n) is 7.31. The second-order valence-electron chi connectivity index (χ2n) is 8.50. The lowest BCUT2D eigenvalue weighted by Gasteiger charge is -2.41. The first-order valence-electron chi connectivity index (χ1n) is 10.5. The Morgan fingerprint density at radius 3 is 2.65 bits per heavy atom. The summed E-state index contributed by atoms with van der Waals surface area (Å²) in [6.45, 7) is 4.36. The van der Waals surface area contributed by atoms with Crippen molar-refractivity contribution in [1.82, 2.24) is 4.98 Å². The van der Waals surface area contributed by atoms with Crippen molar-refractivity contribution < 1.29 is 9.90 Å². The van der Waals surface area contributed by atoms with Crippen molar-refractivity contribution >= 4 is 16.9 Å². The molecule has 2 aliphatic rings. The van der Waals surface area contributed by atoms with E-state index in [1.165, 1.54) is 53.4 Å². The molecule has 1 saturated carbocycles. The number of para-hydroxylation sites is 1. The van der Waals surface area contributed by atoms with Gasteiger partial charge in [-0.25, -0.2) is 0 Å². The number of carboxylic acid groups (broad SMARTS) is 1. The quantitative estimate of drug-likeness (QED) is 0.701. The molecule has 0 spiro atoms. The molecule has 2 aromatic rings. The highest BCUT2D eigenvalue weighted by Crippen LogP contribution is 2.54. The number of benzene rings is 1. The molecule has 4 rings (SSSR count). The van der Waals surface area contributed by atoms with Crippen LogP contribution in [-0.4, -0.2) is 16.1 Å². The first kappa shape index (κ1) is 17.6. The van der Waals surface area contributed by atoms with Gasteiger partial charge in [-0.15, -0.1) is 0 Å². The summed E-state index contributed by atoms with van der Waals surface area (Å²) in [5, 5.41) is 11.0. The molecule has 1 heterocycles. The number of H-pyrrole nitrogens is 1. The molecule has 2 unspecified atom stereocenters. The maximum Gasteiger partial charge on any atom is 0.304 e. The van der Waals surface area contributed by atoms with Gasteiger partial charge in [-0.2, -0.15) is 0 Å². The maximum atomic E-state index is 11.7. The van der Waals surface area contributed by atoms with Gasteiger partial charge >= 0.3 is 5.97 Å². The maximum absolute atomic E-state index is 11.7. The van der Waals surface area contributed by atoms with Gasteiger partial charge in [0.15, 0.2) is 0 Å². The van der Waals surface area contributed by atoms with E-state index >= 15 is 0 Å². The third kappa shape index (κ3) is 2.67. The third-order valence-corrected chi connectivity index (χ3v) is 7.31. The standard InChI is InChI=1S/C23H31NO2/c1-3-15-10-7-11-18-20-17(16-8-5-6-9-16)12-13-23(4-2,14-19(25)26)22(20)24-21(15)18/h7,10-11,16-17,24H,3-6,8-9,12-14H2,1-2H3,(H,25,26). The van der Waals surface area contributed by atoms with Gasteiger partial charge in [0.25, 0.3) is 0 Å². The second-order valence-corrected chi connectivity index (χ2v) is 8.50. The zero-order chi connectivity index (χ0) is 18.3. The van der Waals surface area contributed by atoms with Gasteiger partial charge < -0.3 is 10.1 Å². The minimum Gasteiger partial charge on any atom is -0.481 e. The number of carbonyl (C=O) groups is 1. The monoisotopic (exact) mass is 353 g/mol. The van der Waals surface area contributed by atoms with Gasteiger partial charge in [0.2, 0.25) is 0 Å². The number of carboxylic acids is 1. The summed E-state index contributed by atoms with van der Waals surface area (Å²) in [5.74, 6) is 0.700. The van der Waals surface area contributed by atoms with Crippen molar-refractivity contribution in [3.63, 3.8) is 0 Å². The molecule has 0 amide bonds. The highest BCUT2D eigenvalue weighted by Gasteiger charge is 2.44. The number of aromatic nitrogens is 1. The van der Waals surface area contributed by atoms with E-state index in [-0.39, 0.29) is 11.8 Å². The minimum atomic E-state index is -0.675. The van der Waals surface area contributed by atoms with E-state index in [9.17, 15) is 9.90 Å². The van der Waals surface area contributed by atoms with Crippen LogP contribution in [0.5, 0.6) is 0 Å². The molecule has 0 radical (unpaired) electrons. The molecular weight excluding hydrogens is 322 g/mol. The lowest BCUT2D eigenvalue weighted by molar-refractivity contribution is -0.138. The molecule has 0 saturated heterocycles. The van der Waals surface area contributed by atoms with Crippen LogP contribution < -0.4 is 0 Å². The van der Waals surface area contributed by atoms with Gasteiger partial charge in [0, 0.05) is 22.0 Å². The van der Waals surface area contributed by atoms with Gasteiger partial charge in [-0.3, -0.25) is 4.79 Å². The van der Waals surface area contributed by atoms with E-state index in [1.54, 1.807) is 0 Å². The van der Waals surface area contributed by atoms with Gasteiger partial charge in [-0.05, 0) is 61.5 Å². The number of aryl methyl sites for hydroxylation is 1. The van der Waals surface area contributed by atoms with Gasteiger partial charge in [0.1, 0.15) is 0 Å². The fraction of sp³-hybridized carbons (Fsp3) is 0.609. The summed E-state index contributed by atoms with van der Waals surface area (Å²) in [6.07, 6.45) is 9.65. The second kappa shape index (κ2) is 6.75. The Balaban J connectivity index is 1.94. The summed E-state index contributed by atoms with van der Waals surface area (Å²) >= 11 is 0. The number of fused-ring (bicyclic) bond motifs is 3. The molecule has 3 nitrogen and oxygen atoms in total. The van der Waals surface area contributed by atoms with Crippen molar-refractivity contribution in [1.29, 1.82) is 0 Å². The van der Waals surface area contributed by atoms with E-state index < -0.39 is 5.97 Å². The van der Waals surface area contributed by atoms with E-state index in [0.29, 0.717) is 5.92 Å². The molecular formula is C23H31NO2. The number of hydrogen-bond donors (Lipinski definition) is 2. The Morgan fingerprint density at radius 1 is 1.23 bits per heavy atom. The minimum absolute atomic E-state index is 0.236. The van der Waals surface area contributed by atoms with E-state index in [2.05, 4.69) is 37.0 Å². The number of rotatable bonds is 5. The van der Waals surface area contributed by atoms with Crippen LogP contribution in [-0.2, 0) is 16.6 Å². The molecule has 2 aliphatic carbocycles. The van der Waals surface area contributed by atoms with Crippen LogP contribution in [0.4, 0.5) is 0 Å². The predicted octanol–water partition coefficient (Wildman–Crippen LogP) is 5.92. The molecule has 0 aliphatic heterocycles. The van der Waals surface area contributed by atoms with Crippen LogP contribution in [0.3, 0.4) is 0 Å². The Kier molecular flexibility index (Phi) is 4.58. The zero-order valence-corrected chi connectivity index (χ0v) is 16.1. The normalized spacial score (nSPS) is 26.3. The number of hydrogen-bond acceptors (Lipinski definition) is 1. The Morgan fingerprint density at radius 2 is 2.00 bits per heavy atom. The molecule has 2 N–H and O–H groups in total. The van der Waals surface area contributed by atoms with Crippen LogP contribution in [0.25, 0.3) is 10.9 Å². The fourth-order valence-corrected chi connectivity index (χ4v) is 5.87. The topological polar surface area (TPSA) is 53.1 Å². The van der Waals surface area contributed by atoms with Crippen LogP contribution in [0.15, 0.2) is 18.2 Å². The number of nitrogens with one attached hydrogen (secondary N) is 1. The Labute approximate surface area is 156 Å². The molecule has 26 heavy (non-hydrogen) atoms. The molecule has 1 aromatic heterocycles. The van der Waals surface area contributed by atoms with E-state index in [0.717, 1.165) is 31.6 Å². The summed E-state index contributed by atoms with van der Waals surface area (Å²) in [6, 6.07) is 6.65. The van der Waals surface area contributed by atoms with Crippen molar-refractivity contribution in [3.05, 3.63) is 35.0 Å². The first-order chi connectivity index (χ1) is 12.6. The molecule has 3 heteroatoms. The molecule has 1 fully saturated rings. The van der Waals surface area contributed by atoms with Crippen LogP contribution in [0, 0.1) is 5.92 Å². The van der Waals surface area contributed by atoms with Crippen molar-refractivity contribution in [2.24, 2.45) is 5.92 Å². The van der Waals surface area contributed by atoms with Crippen LogP contribution in [0.2, 0.25) is 0 Å². The average Bonchev–Trinajstić information content (AvgIpc) is 3.29. The lowest BCUT2D eigenvalue weighted by atomic mass is 9.63. The number of aliphatic carboxylic acids is 1. The fourth-order valence-electron chi connectivity index (χ4n) is 5.87. The molecule has 1 aromatic carbocycles. The molecule has 0 bridgehead atoms. The average molecular weight is 354 g/mol. The summed E-state index contributed by atoms with van der Waals surface area (Å²) < 4.78 is 0. The summed E-state index contributed by atoms with van der Waals surface area (Å²) in [5.41, 5.74) is 5.09. The van der Waals surface area contributed by atoms with Crippen molar-refractivity contribution in [2.45, 2.75) is 83.0 Å². The molecule has 140 valence electrons. The zero-order valence-electron chi connectivity index (χ0n) is 16.1. The summed E-state index contributed by atoms with van der Waals surface area (Å²) in [7, 11) is 0. The number of aromatic amines is 1. The van der Waals surface area contributed by atoms with E-state index in [4.69, 9.17) is 0 Å². The first-order valence-corrected chi connectivity index (χ1v) is 10.5. The van der Waals surface area contributed by atoms with Gasteiger partial charge in [0.05, 0.1) is 6.42 Å². The van der Waals surface area contributed by atoms with Crippen LogP contribution >= 0.6 is 0 Å². The molecule has 2 atom stereocenters. The predicted molar refractivity (Wildman–Crippen MR) is 106 cm³/mol. The van der Waals surface area contributed by atoms with E-state index in [1.807, 2.05) is 0 Å². The van der Waals surface area contributed by atoms with Gasteiger partial charge in [-0.1, -0.05) is 44.9 Å². The largest absolute Gasteiger partial charge is 0.481 e. The van der Waals surface area contributed by atoms with Crippen molar-refractivity contribution in [2.75, 3.05) is 0 Å². The Hall–Kier alpha value is -1.77. The van der Waals surface area contributed by atoms with Crippen molar-refractivity contribution in [3.8, 4) is 0 Å². The highest BCUT2D eigenvalue weighted by atomic mass is 16.4. The lowest BCUT2D eigenvalue weighted by Crippen LogP contribution is -2.35. The smallest absolute Gasteiger partial charge is 0.304 e. The highest BCUT2D eigenvalue weighted by molar-refractivity contribution is 5.89. The van der Waals surface area contributed by atoms with Crippen LogP contribution in [0.1, 0.15) is 88.0 Å². The summed E-state index contributed by atoms with van der Waals surface area (Å²) in [4.78, 5) is 15.5. The Bertz CT molecular complexity index is 815. The SMILES string of the molecule is CCc1cccc2c3c([nH]c12)C(CC)(CC(=O)O)CCC3C1CCCC1.